The van der Waals surface area contributed by atoms with Crippen molar-refractivity contribution >= 4 is 6.09 Å². The van der Waals surface area contributed by atoms with Gasteiger partial charge in [-0.2, -0.15) is 0 Å². The molecule has 4 nitrogen and oxygen atoms in total. The first-order chi connectivity index (χ1) is 7.18. The van der Waals surface area contributed by atoms with Crippen molar-refractivity contribution < 1.29 is 9.53 Å². The summed E-state index contributed by atoms with van der Waals surface area (Å²) in [5, 5.41) is 0. The third-order valence-electron chi connectivity index (χ3n) is 3.24. The minimum absolute atomic E-state index is 0.138. The fourth-order valence-electron chi connectivity index (χ4n) is 2.18. The summed E-state index contributed by atoms with van der Waals surface area (Å²) in [6, 6.07) is 0.788. The number of carbonyl (C=O) groups excluding carboxylic acids is 1. The Bertz CT molecular complexity index is 243. The van der Waals surface area contributed by atoms with E-state index in [1.54, 1.807) is 4.90 Å². The Morgan fingerprint density at radius 1 is 1.47 bits per heavy atom. The van der Waals surface area contributed by atoms with Gasteiger partial charge in [0.15, 0.2) is 0 Å². The molecule has 15 heavy (non-hydrogen) atoms. The van der Waals surface area contributed by atoms with Crippen molar-refractivity contribution in [2.24, 2.45) is 5.92 Å². The van der Waals surface area contributed by atoms with Gasteiger partial charge in [0, 0.05) is 25.7 Å². The number of hydrogen-bond acceptors (Lipinski definition) is 3. The Balaban J connectivity index is 1.58. The summed E-state index contributed by atoms with van der Waals surface area (Å²) in [5.41, 5.74) is 0. The number of carbonyl (C=O) groups is 1. The number of ether oxygens (including phenoxy) is 1. The molecule has 0 aromatic heterocycles. The van der Waals surface area contributed by atoms with Gasteiger partial charge in [0.05, 0.1) is 6.54 Å². The predicted octanol–water partition coefficient (Wildman–Crippen LogP) is 1.17. The molecule has 2 atom stereocenters. The molecule has 0 aromatic carbocycles. The van der Waals surface area contributed by atoms with E-state index in [1.165, 1.54) is 6.54 Å². The van der Waals surface area contributed by atoms with Crippen LogP contribution in [0.15, 0.2) is 0 Å². The van der Waals surface area contributed by atoms with Gasteiger partial charge in [0.1, 0.15) is 6.61 Å². The summed E-state index contributed by atoms with van der Waals surface area (Å²) >= 11 is 0. The molecule has 2 saturated heterocycles. The van der Waals surface area contributed by atoms with Crippen molar-refractivity contribution in [3.05, 3.63) is 0 Å². The van der Waals surface area contributed by atoms with E-state index in [1.807, 2.05) is 0 Å². The van der Waals surface area contributed by atoms with Crippen molar-refractivity contribution in [1.82, 2.24) is 9.80 Å². The topological polar surface area (TPSA) is 32.5 Å². The molecule has 1 amide bonds. The molecular formula is C11H20N2O2. The molecule has 2 heterocycles. The van der Waals surface area contributed by atoms with Crippen LogP contribution in [-0.2, 0) is 4.74 Å². The zero-order chi connectivity index (χ0) is 10.8. The third-order valence-corrected chi connectivity index (χ3v) is 3.24. The van der Waals surface area contributed by atoms with Crippen LogP contribution in [0.5, 0.6) is 0 Å². The maximum atomic E-state index is 11.1. The molecule has 0 bridgehead atoms. The number of nitrogens with zero attached hydrogens (tertiary/aromatic N) is 2. The first kappa shape index (κ1) is 10.7. The highest BCUT2D eigenvalue weighted by Crippen LogP contribution is 2.24. The van der Waals surface area contributed by atoms with Gasteiger partial charge in [-0.3, -0.25) is 4.90 Å². The van der Waals surface area contributed by atoms with Crippen LogP contribution in [-0.4, -0.2) is 54.7 Å². The highest BCUT2D eigenvalue weighted by molar-refractivity contribution is 5.69. The number of amides is 1. The number of hydrogen-bond donors (Lipinski definition) is 0. The fraction of sp³-hybridized carbons (Fsp3) is 0.909. The van der Waals surface area contributed by atoms with E-state index in [0.717, 1.165) is 38.0 Å². The highest BCUT2D eigenvalue weighted by atomic mass is 16.6. The Morgan fingerprint density at radius 3 is 2.80 bits per heavy atom. The van der Waals surface area contributed by atoms with Crippen molar-refractivity contribution in [2.45, 2.75) is 26.3 Å². The van der Waals surface area contributed by atoms with Gasteiger partial charge in [-0.05, 0) is 12.3 Å². The van der Waals surface area contributed by atoms with Crippen molar-refractivity contribution in [3.8, 4) is 0 Å². The van der Waals surface area contributed by atoms with Crippen LogP contribution in [0, 0.1) is 5.92 Å². The van der Waals surface area contributed by atoms with E-state index in [0.29, 0.717) is 6.61 Å². The lowest BCUT2D eigenvalue weighted by atomic mass is 10.1. The molecule has 86 valence electrons. The molecule has 0 saturated carbocycles. The van der Waals surface area contributed by atoms with Crippen LogP contribution >= 0.6 is 0 Å². The molecule has 0 aromatic rings. The van der Waals surface area contributed by atoms with Gasteiger partial charge >= 0.3 is 6.09 Å². The fourth-order valence-corrected chi connectivity index (χ4v) is 2.18. The number of cyclic esters (lactones) is 1. The molecule has 2 rings (SSSR count). The second-order valence-corrected chi connectivity index (χ2v) is 4.76. The highest BCUT2D eigenvalue weighted by Gasteiger charge is 2.35. The quantitative estimate of drug-likeness (QED) is 0.641. The van der Waals surface area contributed by atoms with Crippen LogP contribution < -0.4 is 0 Å². The van der Waals surface area contributed by atoms with Crippen molar-refractivity contribution in [1.29, 1.82) is 0 Å². The van der Waals surface area contributed by atoms with Crippen LogP contribution in [0.1, 0.15) is 20.3 Å². The molecule has 0 aliphatic carbocycles. The van der Waals surface area contributed by atoms with E-state index in [4.69, 9.17) is 4.74 Å². The SMILES string of the molecule is CC(C)C1CN1CCCN1CCOC1=O. The lowest BCUT2D eigenvalue weighted by molar-refractivity contribution is 0.158. The Hall–Kier alpha value is -0.770. The van der Waals surface area contributed by atoms with Crippen molar-refractivity contribution in [3.63, 3.8) is 0 Å². The molecule has 4 heteroatoms. The minimum Gasteiger partial charge on any atom is -0.448 e. The molecule has 0 spiro atoms. The second-order valence-electron chi connectivity index (χ2n) is 4.76. The van der Waals surface area contributed by atoms with Crippen LogP contribution in [0.2, 0.25) is 0 Å². The molecule has 2 unspecified atom stereocenters. The van der Waals surface area contributed by atoms with E-state index in [9.17, 15) is 4.79 Å². The summed E-state index contributed by atoms with van der Waals surface area (Å²) in [6.07, 6.45) is 0.930. The van der Waals surface area contributed by atoms with E-state index >= 15 is 0 Å². The lowest BCUT2D eigenvalue weighted by Gasteiger charge is -2.12. The zero-order valence-electron chi connectivity index (χ0n) is 9.61. The van der Waals surface area contributed by atoms with Gasteiger partial charge in [-0.1, -0.05) is 13.8 Å². The summed E-state index contributed by atoms with van der Waals surface area (Å²) in [7, 11) is 0. The third kappa shape index (κ3) is 2.62. The Labute approximate surface area is 91.2 Å². The standard InChI is InChI=1S/C11H20N2O2/c1-9(2)10-8-13(10)5-3-4-12-6-7-15-11(12)14/h9-10H,3-8H2,1-2H3. The maximum absolute atomic E-state index is 11.1. The summed E-state index contributed by atoms with van der Waals surface area (Å²) < 4.78 is 4.87. The minimum atomic E-state index is -0.138. The van der Waals surface area contributed by atoms with Crippen molar-refractivity contribution in [2.75, 3.05) is 32.8 Å². The molecule has 0 N–H and O–H groups in total. The monoisotopic (exact) mass is 212 g/mol. The largest absolute Gasteiger partial charge is 0.448 e. The molecular weight excluding hydrogens is 192 g/mol. The Kier molecular flexibility index (Phi) is 3.14. The second kappa shape index (κ2) is 4.39. The van der Waals surface area contributed by atoms with Gasteiger partial charge in [0.2, 0.25) is 0 Å². The first-order valence-corrected chi connectivity index (χ1v) is 5.84. The average Bonchev–Trinajstić information content (AvgIpc) is 2.85. The first-order valence-electron chi connectivity index (χ1n) is 5.84. The molecule has 2 aliphatic rings. The summed E-state index contributed by atoms with van der Waals surface area (Å²) in [4.78, 5) is 15.4. The van der Waals surface area contributed by atoms with Crippen LogP contribution in [0.3, 0.4) is 0 Å². The zero-order valence-corrected chi connectivity index (χ0v) is 9.61. The summed E-state index contributed by atoms with van der Waals surface area (Å²) in [5.74, 6) is 0.766. The molecule has 2 fully saturated rings. The van der Waals surface area contributed by atoms with Crippen LogP contribution in [0.25, 0.3) is 0 Å². The predicted molar refractivity (Wildman–Crippen MR) is 57.7 cm³/mol. The normalized spacial score (nSPS) is 29.8. The van der Waals surface area contributed by atoms with Gasteiger partial charge in [0.25, 0.3) is 0 Å². The average molecular weight is 212 g/mol. The van der Waals surface area contributed by atoms with E-state index < -0.39 is 0 Å². The van der Waals surface area contributed by atoms with Gasteiger partial charge in [-0.25, -0.2) is 4.79 Å². The molecule has 0 radical (unpaired) electrons. The maximum Gasteiger partial charge on any atom is 0.409 e. The van der Waals surface area contributed by atoms with Gasteiger partial charge < -0.3 is 9.64 Å². The van der Waals surface area contributed by atoms with Gasteiger partial charge in [-0.15, -0.1) is 0 Å². The lowest BCUT2D eigenvalue weighted by Crippen LogP contribution is -2.27. The van der Waals surface area contributed by atoms with E-state index in [-0.39, 0.29) is 6.09 Å². The Morgan fingerprint density at radius 2 is 2.27 bits per heavy atom. The van der Waals surface area contributed by atoms with Crippen LogP contribution in [0.4, 0.5) is 4.79 Å². The molecule has 2 aliphatic heterocycles. The smallest absolute Gasteiger partial charge is 0.409 e. The summed E-state index contributed by atoms with van der Waals surface area (Å²) in [6.45, 7) is 9.07. The number of rotatable bonds is 5. The van der Waals surface area contributed by atoms with E-state index in [2.05, 4.69) is 18.7 Å².